The van der Waals surface area contributed by atoms with E-state index in [4.69, 9.17) is 29.4 Å². The van der Waals surface area contributed by atoms with Crippen LogP contribution in [-0.4, -0.2) is 164 Å². The molecule has 2 aliphatic heterocycles. The Morgan fingerprint density at radius 1 is 0.486 bits per heavy atom. The standard InChI is InChI=1S/C50H64N16O6S2/c1-63(2)25-11-23-51-73(67,68)43-35-41(55-47-57-45(53-39-13-7-5-8-14-39)59-49(61-47)65-27-31-71-32-28-65)21-19-37(43)17-18-38-20-22-42(36-44(38)74(69,70)52-24-12-26-64(3)4)56-48-58-46(54-40-15-9-6-10-16-40)60-50(62-48)66-29-33-72-34-30-66/h5-10,13-22,35-36,51-52H,11-12,23-34H2,1-4H3,(H2,53,55,57,59,61)(H2,54,56,58,60,62)/b18-17+. The number of aromatic nitrogens is 6. The average molecular weight is 1050 g/mol. The van der Waals surface area contributed by atoms with Gasteiger partial charge in [0.2, 0.25) is 55.7 Å². The second-order valence-electron chi connectivity index (χ2n) is 17.9. The largest absolute Gasteiger partial charge is 0.378 e. The van der Waals surface area contributed by atoms with Crippen LogP contribution in [0.5, 0.6) is 0 Å². The lowest BCUT2D eigenvalue weighted by Gasteiger charge is -2.27. The monoisotopic (exact) mass is 1050 g/mol. The molecule has 2 fully saturated rings. The number of rotatable bonds is 24. The summed E-state index contributed by atoms with van der Waals surface area (Å²) in [5.74, 6) is 1.80. The van der Waals surface area contributed by atoms with Crippen LogP contribution in [0, 0.1) is 0 Å². The topological polar surface area (TPSA) is 249 Å². The number of morpholine rings is 2. The zero-order chi connectivity index (χ0) is 51.9. The van der Waals surface area contributed by atoms with Crippen LogP contribution in [0.1, 0.15) is 24.0 Å². The lowest BCUT2D eigenvalue weighted by molar-refractivity contribution is 0.122. The molecule has 2 saturated heterocycles. The molecule has 0 bridgehead atoms. The van der Waals surface area contributed by atoms with E-state index in [0.29, 0.717) is 125 Å². The van der Waals surface area contributed by atoms with Crippen molar-refractivity contribution in [2.75, 3.05) is 138 Å². The minimum Gasteiger partial charge on any atom is -0.378 e. The minimum atomic E-state index is -4.15. The predicted molar refractivity (Wildman–Crippen MR) is 290 cm³/mol. The van der Waals surface area contributed by atoms with Crippen LogP contribution in [0.3, 0.4) is 0 Å². The van der Waals surface area contributed by atoms with Crippen molar-refractivity contribution in [1.82, 2.24) is 49.1 Å². The highest BCUT2D eigenvalue weighted by Gasteiger charge is 2.23. The summed E-state index contributed by atoms with van der Waals surface area (Å²) in [5.41, 5.74) is 2.93. The van der Waals surface area contributed by atoms with Crippen molar-refractivity contribution < 1.29 is 26.3 Å². The number of hydrogen-bond acceptors (Lipinski definition) is 20. The molecule has 8 rings (SSSR count). The number of ether oxygens (including phenoxy) is 2. The molecule has 0 aliphatic carbocycles. The Kier molecular flexibility index (Phi) is 18.3. The van der Waals surface area contributed by atoms with Crippen molar-refractivity contribution in [2.24, 2.45) is 0 Å². The van der Waals surface area contributed by atoms with Crippen LogP contribution >= 0.6 is 0 Å². The van der Waals surface area contributed by atoms with E-state index in [-0.39, 0.29) is 34.8 Å². The van der Waals surface area contributed by atoms with Gasteiger partial charge in [0, 0.05) is 62.0 Å². The highest BCUT2D eigenvalue weighted by atomic mass is 32.2. The first kappa shape index (κ1) is 53.4. The van der Waals surface area contributed by atoms with E-state index in [1.807, 2.05) is 108 Å². The molecule has 24 heteroatoms. The average Bonchev–Trinajstić information content (AvgIpc) is 3.39. The number of para-hydroxylation sites is 2. The van der Waals surface area contributed by atoms with Gasteiger partial charge in [0.1, 0.15) is 0 Å². The van der Waals surface area contributed by atoms with Crippen LogP contribution in [0.2, 0.25) is 0 Å². The van der Waals surface area contributed by atoms with Crippen LogP contribution in [0.25, 0.3) is 12.2 Å². The van der Waals surface area contributed by atoms with Gasteiger partial charge in [-0.05, 0) is 114 Å². The second-order valence-corrected chi connectivity index (χ2v) is 21.4. The number of anilines is 10. The fraction of sp³-hybridized carbons (Fsp3) is 0.360. The summed E-state index contributed by atoms with van der Waals surface area (Å²) in [5, 5.41) is 12.9. The molecule has 6 aromatic rings. The van der Waals surface area contributed by atoms with Gasteiger partial charge < -0.3 is 50.3 Å². The molecule has 4 aromatic carbocycles. The molecule has 2 aliphatic rings. The highest BCUT2D eigenvalue weighted by Crippen LogP contribution is 2.30. The first-order valence-electron chi connectivity index (χ1n) is 24.4. The molecule has 0 spiro atoms. The van der Waals surface area contributed by atoms with Crippen LogP contribution in [0.4, 0.5) is 58.4 Å². The smallest absolute Gasteiger partial charge is 0.241 e. The zero-order valence-electron chi connectivity index (χ0n) is 42.0. The van der Waals surface area contributed by atoms with Gasteiger partial charge in [-0.3, -0.25) is 0 Å². The molecule has 0 atom stereocenters. The van der Waals surface area contributed by atoms with E-state index in [2.05, 4.69) is 40.7 Å². The van der Waals surface area contributed by atoms with E-state index < -0.39 is 20.0 Å². The van der Waals surface area contributed by atoms with Crippen LogP contribution in [-0.2, 0) is 29.5 Å². The fourth-order valence-electron chi connectivity index (χ4n) is 7.83. The predicted octanol–water partition coefficient (Wildman–Crippen LogP) is 5.33. The number of benzene rings is 4. The molecule has 392 valence electrons. The van der Waals surface area contributed by atoms with Gasteiger partial charge in [0.05, 0.1) is 36.2 Å². The minimum absolute atomic E-state index is 0.0518. The number of nitrogens with zero attached hydrogens (tertiary/aromatic N) is 10. The third-order valence-corrected chi connectivity index (χ3v) is 14.6. The Labute approximate surface area is 433 Å². The lowest BCUT2D eigenvalue weighted by atomic mass is 10.1. The van der Waals surface area contributed by atoms with Gasteiger partial charge in [-0.2, -0.15) is 29.9 Å². The summed E-state index contributed by atoms with van der Waals surface area (Å²) in [7, 11) is -0.605. The van der Waals surface area contributed by atoms with Gasteiger partial charge in [0.15, 0.2) is 0 Å². The molecule has 74 heavy (non-hydrogen) atoms. The quantitative estimate of drug-likeness (QED) is 0.0331. The summed E-state index contributed by atoms with van der Waals surface area (Å²) >= 11 is 0. The van der Waals surface area contributed by atoms with Gasteiger partial charge in [-0.25, -0.2) is 26.3 Å². The van der Waals surface area contributed by atoms with Gasteiger partial charge >= 0.3 is 0 Å². The fourth-order valence-corrected chi connectivity index (χ4v) is 10.4. The lowest BCUT2D eigenvalue weighted by Crippen LogP contribution is -2.37. The molecule has 6 N–H and O–H groups in total. The molecule has 0 radical (unpaired) electrons. The third kappa shape index (κ3) is 15.3. The van der Waals surface area contributed by atoms with E-state index in [9.17, 15) is 16.8 Å². The molecule has 22 nitrogen and oxygen atoms in total. The Balaban J connectivity index is 1.14. The molecule has 2 aromatic heterocycles. The second kappa shape index (κ2) is 25.4. The van der Waals surface area contributed by atoms with Crippen molar-refractivity contribution in [3.05, 3.63) is 108 Å². The maximum Gasteiger partial charge on any atom is 0.241 e. The first-order valence-corrected chi connectivity index (χ1v) is 27.3. The van der Waals surface area contributed by atoms with Crippen molar-refractivity contribution >= 4 is 90.6 Å². The Morgan fingerprint density at radius 2 is 0.838 bits per heavy atom. The molecule has 4 heterocycles. The maximum atomic E-state index is 14.3. The Hall–Kier alpha value is -6.90. The highest BCUT2D eigenvalue weighted by molar-refractivity contribution is 7.89. The SMILES string of the molecule is CN(C)CCCNS(=O)(=O)c1cc(Nc2nc(Nc3ccccc3)nc(N3CCOCC3)n2)ccc1/C=C/c1ccc(Nc2nc(Nc3ccccc3)nc(N3CCOCC3)n2)cc1S(=O)(=O)NCCCN(C)C. The van der Waals surface area contributed by atoms with Crippen molar-refractivity contribution in [2.45, 2.75) is 22.6 Å². The summed E-state index contributed by atoms with van der Waals surface area (Å²) < 4.78 is 73.9. The maximum absolute atomic E-state index is 14.3. The summed E-state index contributed by atoms with van der Waals surface area (Å²) in [4.78, 5) is 36.0. The van der Waals surface area contributed by atoms with Crippen LogP contribution < -0.4 is 40.5 Å². The Bertz CT molecular complexity index is 2850. The number of sulfonamides is 2. The summed E-state index contributed by atoms with van der Waals surface area (Å²) in [6, 6.07) is 28.7. The van der Waals surface area contributed by atoms with Gasteiger partial charge in [-0.1, -0.05) is 60.7 Å². The molecule has 0 amide bonds. The van der Waals surface area contributed by atoms with Crippen molar-refractivity contribution in [3.8, 4) is 0 Å². The van der Waals surface area contributed by atoms with Gasteiger partial charge in [-0.15, -0.1) is 0 Å². The number of nitrogens with one attached hydrogen (secondary N) is 6. The van der Waals surface area contributed by atoms with E-state index in [1.165, 1.54) is 12.1 Å². The molecular weight excluding hydrogens is 985 g/mol. The first-order chi connectivity index (χ1) is 35.8. The van der Waals surface area contributed by atoms with Crippen LogP contribution in [0.15, 0.2) is 107 Å². The zero-order valence-corrected chi connectivity index (χ0v) is 43.7. The van der Waals surface area contributed by atoms with Crippen molar-refractivity contribution in [1.29, 1.82) is 0 Å². The van der Waals surface area contributed by atoms with Gasteiger partial charge in [0.25, 0.3) is 0 Å². The van der Waals surface area contributed by atoms with E-state index >= 15 is 0 Å². The Morgan fingerprint density at radius 3 is 1.19 bits per heavy atom. The van der Waals surface area contributed by atoms with Crippen molar-refractivity contribution in [3.63, 3.8) is 0 Å². The van der Waals surface area contributed by atoms with E-state index in [1.54, 1.807) is 36.4 Å². The molecule has 0 saturated carbocycles. The molecular formula is C50H64N16O6S2. The molecule has 0 unspecified atom stereocenters. The summed E-state index contributed by atoms with van der Waals surface area (Å²) in [6.45, 7) is 6.07. The van der Waals surface area contributed by atoms with E-state index in [0.717, 1.165) is 11.4 Å². The number of hydrogen-bond donors (Lipinski definition) is 6. The summed E-state index contributed by atoms with van der Waals surface area (Å²) in [6.07, 6.45) is 4.31. The third-order valence-electron chi connectivity index (χ3n) is 11.6. The normalized spacial score (nSPS) is 14.5.